The molecule has 146 valence electrons. The largest absolute Gasteiger partial charge is 0.496 e. The molecule has 0 unspecified atom stereocenters. The van der Waals surface area contributed by atoms with E-state index >= 15 is 0 Å². The molecule has 1 amide bonds. The Kier molecular flexibility index (Phi) is 7.31. The van der Waals surface area contributed by atoms with Crippen molar-refractivity contribution in [3.05, 3.63) is 57.1 Å². The van der Waals surface area contributed by atoms with Gasteiger partial charge in [-0.3, -0.25) is 4.79 Å². The topological polar surface area (TPSA) is 47.6 Å². The molecular weight excluding hydrogens is 406 g/mol. The van der Waals surface area contributed by atoms with Crippen molar-refractivity contribution in [1.29, 1.82) is 0 Å². The first-order valence-corrected chi connectivity index (χ1v) is 9.89. The fourth-order valence-corrected chi connectivity index (χ4v) is 3.27. The number of hydrogen-bond acceptors (Lipinski definition) is 3. The molecule has 27 heavy (non-hydrogen) atoms. The lowest BCUT2D eigenvalue weighted by atomic mass is 9.93. The molecule has 0 aliphatic carbocycles. The summed E-state index contributed by atoms with van der Waals surface area (Å²) in [6.45, 7) is 10.3. The van der Waals surface area contributed by atoms with E-state index in [0.717, 1.165) is 32.5 Å². The summed E-state index contributed by atoms with van der Waals surface area (Å²) >= 11 is 3.46. The second kappa shape index (κ2) is 9.27. The Morgan fingerprint density at radius 3 is 2.37 bits per heavy atom. The Balaban J connectivity index is 2.05. The van der Waals surface area contributed by atoms with E-state index in [1.165, 1.54) is 0 Å². The van der Waals surface area contributed by atoms with Crippen LogP contribution in [0.5, 0.6) is 11.5 Å². The zero-order valence-electron chi connectivity index (χ0n) is 16.9. The fourth-order valence-electron chi connectivity index (χ4n) is 3.03. The second-order valence-corrected chi connectivity index (χ2v) is 7.95. The SMILES string of the molecule is COc1cc(C)c([C@H](C)NC(=O)COc2ccc(Br)c(C)c2)cc1C(C)C. The van der Waals surface area contributed by atoms with Crippen molar-refractivity contribution in [2.75, 3.05) is 13.7 Å². The van der Waals surface area contributed by atoms with Crippen LogP contribution in [0.25, 0.3) is 0 Å². The van der Waals surface area contributed by atoms with E-state index in [0.29, 0.717) is 11.7 Å². The molecule has 2 aromatic rings. The number of hydrogen-bond donors (Lipinski definition) is 1. The van der Waals surface area contributed by atoms with Crippen LogP contribution in [-0.2, 0) is 4.79 Å². The Morgan fingerprint density at radius 2 is 1.78 bits per heavy atom. The maximum Gasteiger partial charge on any atom is 0.258 e. The van der Waals surface area contributed by atoms with Crippen LogP contribution < -0.4 is 14.8 Å². The molecule has 0 aliphatic rings. The van der Waals surface area contributed by atoms with E-state index in [-0.39, 0.29) is 18.6 Å². The third-order valence-electron chi connectivity index (χ3n) is 4.58. The van der Waals surface area contributed by atoms with Gasteiger partial charge in [0.25, 0.3) is 5.91 Å². The first-order valence-electron chi connectivity index (χ1n) is 9.09. The number of halogens is 1. The van der Waals surface area contributed by atoms with Gasteiger partial charge < -0.3 is 14.8 Å². The fraction of sp³-hybridized carbons (Fsp3) is 0.409. The van der Waals surface area contributed by atoms with Crippen molar-refractivity contribution in [2.45, 2.75) is 46.6 Å². The molecule has 0 bridgehead atoms. The van der Waals surface area contributed by atoms with Crippen molar-refractivity contribution in [3.63, 3.8) is 0 Å². The van der Waals surface area contributed by atoms with E-state index < -0.39 is 0 Å². The number of carbonyl (C=O) groups excluding carboxylic acids is 1. The van der Waals surface area contributed by atoms with Crippen molar-refractivity contribution in [3.8, 4) is 11.5 Å². The Morgan fingerprint density at radius 1 is 1.07 bits per heavy atom. The summed E-state index contributed by atoms with van der Waals surface area (Å²) < 4.78 is 12.1. The molecule has 1 atom stereocenters. The van der Waals surface area contributed by atoms with Crippen LogP contribution >= 0.6 is 15.9 Å². The van der Waals surface area contributed by atoms with Crippen molar-refractivity contribution in [2.24, 2.45) is 0 Å². The third kappa shape index (κ3) is 5.48. The summed E-state index contributed by atoms with van der Waals surface area (Å²) in [4.78, 5) is 12.3. The average molecular weight is 434 g/mol. The van der Waals surface area contributed by atoms with Gasteiger partial charge in [0, 0.05) is 4.47 Å². The maximum absolute atomic E-state index is 12.3. The minimum absolute atomic E-state index is 0.0162. The van der Waals surface area contributed by atoms with E-state index in [1.807, 2.05) is 45.0 Å². The number of benzene rings is 2. The van der Waals surface area contributed by atoms with Crippen molar-refractivity contribution in [1.82, 2.24) is 5.32 Å². The predicted molar refractivity (Wildman–Crippen MR) is 113 cm³/mol. The Hall–Kier alpha value is -2.01. The molecular formula is C22H28BrNO3. The van der Waals surface area contributed by atoms with E-state index in [1.54, 1.807) is 7.11 Å². The molecule has 0 fully saturated rings. The van der Waals surface area contributed by atoms with E-state index in [2.05, 4.69) is 41.2 Å². The van der Waals surface area contributed by atoms with E-state index in [9.17, 15) is 4.79 Å². The number of carbonyl (C=O) groups is 1. The quantitative estimate of drug-likeness (QED) is 0.630. The highest BCUT2D eigenvalue weighted by Gasteiger charge is 2.17. The molecule has 5 heteroatoms. The summed E-state index contributed by atoms with van der Waals surface area (Å²) in [6, 6.07) is 9.71. The summed E-state index contributed by atoms with van der Waals surface area (Å²) in [6.07, 6.45) is 0. The van der Waals surface area contributed by atoms with Gasteiger partial charge in [-0.15, -0.1) is 0 Å². The highest BCUT2D eigenvalue weighted by Crippen LogP contribution is 2.32. The first-order chi connectivity index (χ1) is 12.7. The van der Waals surface area contributed by atoms with Crippen LogP contribution in [0, 0.1) is 13.8 Å². The van der Waals surface area contributed by atoms with E-state index in [4.69, 9.17) is 9.47 Å². The van der Waals surface area contributed by atoms with Crippen LogP contribution in [0.3, 0.4) is 0 Å². The van der Waals surface area contributed by atoms with Gasteiger partial charge in [0.2, 0.25) is 0 Å². The van der Waals surface area contributed by atoms with Crippen LogP contribution in [0.15, 0.2) is 34.8 Å². The van der Waals surface area contributed by atoms with Gasteiger partial charge in [0.05, 0.1) is 13.2 Å². The zero-order chi connectivity index (χ0) is 20.1. The van der Waals surface area contributed by atoms with Gasteiger partial charge in [0.15, 0.2) is 6.61 Å². The van der Waals surface area contributed by atoms with Gasteiger partial charge in [-0.05, 0) is 79.3 Å². The van der Waals surface area contributed by atoms with Crippen LogP contribution in [0.1, 0.15) is 55.0 Å². The maximum atomic E-state index is 12.3. The Labute approximate surface area is 170 Å². The molecule has 4 nitrogen and oxygen atoms in total. The number of rotatable bonds is 7. The third-order valence-corrected chi connectivity index (χ3v) is 5.47. The molecule has 0 radical (unpaired) electrons. The van der Waals surface area contributed by atoms with Crippen molar-refractivity contribution >= 4 is 21.8 Å². The number of methoxy groups -OCH3 is 1. The monoisotopic (exact) mass is 433 g/mol. The summed E-state index contributed by atoms with van der Waals surface area (Å²) in [7, 11) is 1.69. The van der Waals surface area contributed by atoms with Gasteiger partial charge in [-0.1, -0.05) is 29.8 Å². The molecule has 0 aromatic heterocycles. The summed E-state index contributed by atoms with van der Waals surface area (Å²) in [5.41, 5.74) is 4.39. The van der Waals surface area contributed by atoms with Crippen LogP contribution in [0.4, 0.5) is 0 Å². The highest BCUT2D eigenvalue weighted by molar-refractivity contribution is 9.10. The minimum Gasteiger partial charge on any atom is -0.496 e. The molecule has 0 heterocycles. The molecule has 0 aliphatic heterocycles. The number of aryl methyl sites for hydroxylation is 2. The average Bonchev–Trinajstić information content (AvgIpc) is 2.61. The van der Waals surface area contributed by atoms with Crippen molar-refractivity contribution < 1.29 is 14.3 Å². The minimum atomic E-state index is -0.149. The molecule has 1 N–H and O–H groups in total. The lowest BCUT2D eigenvalue weighted by Crippen LogP contribution is -2.31. The number of nitrogens with one attached hydrogen (secondary N) is 1. The van der Waals surface area contributed by atoms with Gasteiger partial charge >= 0.3 is 0 Å². The number of amides is 1. The Bertz CT molecular complexity index is 817. The summed E-state index contributed by atoms with van der Waals surface area (Å²) in [5.74, 6) is 1.76. The van der Waals surface area contributed by atoms with Gasteiger partial charge in [-0.25, -0.2) is 0 Å². The van der Waals surface area contributed by atoms with Crippen LogP contribution in [0.2, 0.25) is 0 Å². The lowest BCUT2D eigenvalue weighted by molar-refractivity contribution is -0.123. The number of ether oxygens (including phenoxy) is 2. The molecule has 0 saturated heterocycles. The zero-order valence-corrected chi connectivity index (χ0v) is 18.4. The normalized spacial score (nSPS) is 12.0. The standard InChI is InChI=1S/C22H28BrNO3/c1-13(2)18-11-19(14(3)10-21(18)26-6)16(5)24-22(25)12-27-17-7-8-20(23)15(4)9-17/h7-11,13,16H,12H2,1-6H3,(H,24,25)/t16-/m0/s1. The molecule has 2 aromatic carbocycles. The smallest absolute Gasteiger partial charge is 0.258 e. The lowest BCUT2D eigenvalue weighted by Gasteiger charge is -2.21. The molecule has 0 spiro atoms. The van der Waals surface area contributed by atoms with Gasteiger partial charge in [0.1, 0.15) is 11.5 Å². The molecule has 0 saturated carbocycles. The summed E-state index contributed by atoms with van der Waals surface area (Å²) in [5, 5.41) is 3.02. The van der Waals surface area contributed by atoms with Gasteiger partial charge in [-0.2, -0.15) is 0 Å². The van der Waals surface area contributed by atoms with Crippen LogP contribution in [-0.4, -0.2) is 19.6 Å². The predicted octanol–water partition coefficient (Wildman–Crippen LogP) is 5.45. The first kappa shape index (κ1) is 21.3. The highest BCUT2D eigenvalue weighted by atomic mass is 79.9. The molecule has 2 rings (SSSR count). The second-order valence-electron chi connectivity index (χ2n) is 7.09.